The molecule has 0 aliphatic carbocycles. The summed E-state index contributed by atoms with van der Waals surface area (Å²) < 4.78 is 12.6. The van der Waals surface area contributed by atoms with Gasteiger partial charge in [-0.25, -0.2) is 4.39 Å². The smallest absolute Gasteiger partial charge is 0.126 e. The van der Waals surface area contributed by atoms with Crippen LogP contribution in [0.1, 0.15) is 12.8 Å². The molecule has 0 aromatic rings. The molecular formula is C7H12FNO. The number of nitrogens with one attached hydrogen (secondary N) is 1. The Hall–Kier alpha value is -0.410. The summed E-state index contributed by atoms with van der Waals surface area (Å²) in [7, 11) is 0. The van der Waals surface area contributed by atoms with Gasteiger partial charge in [-0.3, -0.25) is 0 Å². The topological polar surface area (TPSA) is 32.3 Å². The van der Waals surface area contributed by atoms with Crippen LogP contribution in [0.15, 0.2) is 11.4 Å². The number of hydrogen-bond acceptors (Lipinski definition) is 2. The number of rotatable bonds is 1. The molecule has 0 amide bonds. The van der Waals surface area contributed by atoms with Crippen LogP contribution in [0.2, 0.25) is 0 Å². The molecule has 1 aliphatic heterocycles. The Kier molecular flexibility index (Phi) is 2.83. The van der Waals surface area contributed by atoms with Gasteiger partial charge in [-0.2, -0.15) is 0 Å². The Balaban J connectivity index is 2.51. The van der Waals surface area contributed by atoms with Gasteiger partial charge in [0, 0.05) is 6.54 Å². The first-order valence-electron chi connectivity index (χ1n) is 3.52. The van der Waals surface area contributed by atoms with Gasteiger partial charge < -0.3 is 10.4 Å². The minimum absolute atomic E-state index is 0.354. The second-order valence-electron chi connectivity index (χ2n) is 2.45. The highest BCUT2D eigenvalue weighted by Gasteiger charge is 2.08. The molecule has 0 aromatic carbocycles. The van der Waals surface area contributed by atoms with Crippen molar-refractivity contribution in [3.63, 3.8) is 0 Å². The lowest BCUT2D eigenvalue weighted by molar-refractivity contribution is 0.293. The lowest BCUT2D eigenvalue weighted by atomic mass is 10.1. The normalized spacial score (nSPS) is 24.6. The van der Waals surface area contributed by atoms with Gasteiger partial charge in [-0.1, -0.05) is 0 Å². The van der Waals surface area contributed by atoms with Crippen molar-refractivity contribution in [1.82, 2.24) is 5.32 Å². The standard InChI is InChI=1S/C7H12FNO/c8-7(5-10)6-2-1-3-9-4-6/h9-10H,1-5H2. The summed E-state index contributed by atoms with van der Waals surface area (Å²) >= 11 is 0. The van der Waals surface area contributed by atoms with Crippen LogP contribution in [0.25, 0.3) is 0 Å². The third-order valence-corrected chi connectivity index (χ3v) is 1.69. The zero-order valence-corrected chi connectivity index (χ0v) is 5.86. The van der Waals surface area contributed by atoms with Gasteiger partial charge in [0.05, 0.1) is 6.61 Å². The van der Waals surface area contributed by atoms with Crippen molar-refractivity contribution in [2.45, 2.75) is 12.8 Å². The van der Waals surface area contributed by atoms with Gasteiger partial charge in [0.15, 0.2) is 0 Å². The first-order valence-corrected chi connectivity index (χ1v) is 3.52. The number of piperidine rings is 1. The molecule has 3 heteroatoms. The minimum atomic E-state index is -0.447. The second kappa shape index (κ2) is 3.68. The summed E-state index contributed by atoms with van der Waals surface area (Å²) in [5.74, 6) is -0.354. The van der Waals surface area contributed by atoms with Gasteiger partial charge in [-0.05, 0) is 25.0 Å². The van der Waals surface area contributed by atoms with E-state index in [2.05, 4.69) is 5.32 Å². The molecular weight excluding hydrogens is 133 g/mol. The van der Waals surface area contributed by atoms with E-state index in [-0.39, 0.29) is 5.83 Å². The molecule has 0 aromatic heterocycles. The second-order valence-corrected chi connectivity index (χ2v) is 2.45. The van der Waals surface area contributed by atoms with Crippen LogP contribution >= 0.6 is 0 Å². The largest absolute Gasteiger partial charge is 0.389 e. The summed E-state index contributed by atoms with van der Waals surface area (Å²) in [6, 6.07) is 0. The predicted octanol–water partition coefficient (Wildman–Crippen LogP) is 0.586. The lowest BCUT2D eigenvalue weighted by Crippen LogP contribution is -2.24. The van der Waals surface area contributed by atoms with Crippen LogP contribution in [0.3, 0.4) is 0 Å². The van der Waals surface area contributed by atoms with Crippen molar-refractivity contribution in [2.75, 3.05) is 19.7 Å². The van der Waals surface area contributed by atoms with Crippen LogP contribution < -0.4 is 5.32 Å². The molecule has 0 unspecified atom stereocenters. The van der Waals surface area contributed by atoms with Crippen LogP contribution in [0.4, 0.5) is 4.39 Å². The van der Waals surface area contributed by atoms with E-state index in [1.54, 1.807) is 0 Å². The number of hydrogen-bond donors (Lipinski definition) is 2. The van der Waals surface area contributed by atoms with Gasteiger partial charge >= 0.3 is 0 Å². The van der Waals surface area contributed by atoms with E-state index in [4.69, 9.17) is 5.11 Å². The monoisotopic (exact) mass is 145 g/mol. The Morgan fingerprint density at radius 2 is 2.50 bits per heavy atom. The Morgan fingerprint density at radius 3 is 3.00 bits per heavy atom. The fourth-order valence-electron chi connectivity index (χ4n) is 1.10. The lowest BCUT2D eigenvalue weighted by Gasteiger charge is -2.15. The molecule has 1 rings (SSSR count). The maximum atomic E-state index is 12.6. The molecule has 0 saturated carbocycles. The molecule has 58 valence electrons. The summed E-state index contributed by atoms with van der Waals surface area (Å²) in [5.41, 5.74) is 0.730. The average Bonchev–Trinajstić information content (AvgIpc) is 2.05. The van der Waals surface area contributed by atoms with Crippen molar-refractivity contribution in [3.8, 4) is 0 Å². The Labute approximate surface area is 59.7 Å². The van der Waals surface area contributed by atoms with E-state index in [1.165, 1.54) is 0 Å². The minimum Gasteiger partial charge on any atom is -0.389 e. The Bertz CT molecular complexity index is 137. The van der Waals surface area contributed by atoms with Gasteiger partial charge in [-0.15, -0.1) is 0 Å². The maximum Gasteiger partial charge on any atom is 0.126 e. The SMILES string of the molecule is OCC(F)=C1CCCNC1. The van der Waals surface area contributed by atoms with Crippen molar-refractivity contribution in [3.05, 3.63) is 11.4 Å². The van der Waals surface area contributed by atoms with Crippen molar-refractivity contribution < 1.29 is 9.50 Å². The van der Waals surface area contributed by atoms with Gasteiger partial charge in [0.1, 0.15) is 5.83 Å². The van der Waals surface area contributed by atoms with Crippen LogP contribution in [0, 0.1) is 0 Å². The third kappa shape index (κ3) is 1.78. The molecule has 0 spiro atoms. The fourth-order valence-corrected chi connectivity index (χ4v) is 1.10. The zero-order valence-electron chi connectivity index (χ0n) is 5.86. The highest BCUT2D eigenvalue weighted by molar-refractivity contribution is 5.11. The maximum absolute atomic E-state index is 12.6. The summed E-state index contributed by atoms with van der Waals surface area (Å²) in [6.07, 6.45) is 1.77. The van der Waals surface area contributed by atoms with Gasteiger partial charge in [0.2, 0.25) is 0 Å². The molecule has 1 fully saturated rings. The molecule has 1 heterocycles. The summed E-state index contributed by atoms with van der Waals surface area (Å²) in [6.45, 7) is 1.12. The predicted molar refractivity (Wildman–Crippen MR) is 37.3 cm³/mol. The molecule has 0 atom stereocenters. The van der Waals surface area contributed by atoms with E-state index in [9.17, 15) is 4.39 Å². The van der Waals surface area contributed by atoms with Crippen molar-refractivity contribution >= 4 is 0 Å². The van der Waals surface area contributed by atoms with Crippen LogP contribution in [-0.4, -0.2) is 24.8 Å². The summed E-state index contributed by atoms with van der Waals surface area (Å²) in [4.78, 5) is 0. The number of aliphatic hydroxyl groups excluding tert-OH is 1. The quantitative estimate of drug-likeness (QED) is 0.566. The first-order chi connectivity index (χ1) is 4.84. The molecule has 0 radical (unpaired) electrons. The fraction of sp³-hybridized carbons (Fsp3) is 0.714. The molecule has 1 aliphatic rings. The molecule has 2 N–H and O–H groups in total. The van der Waals surface area contributed by atoms with Crippen LogP contribution in [-0.2, 0) is 0 Å². The number of halogens is 1. The van der Waals surface area contributed by atoms with E-state index in [0.29, 0.717) is 6.54 Å². The summed E-state index contributed by atoms with van der Waals surface area (Å²) in [5, 5.41) is 11.5. The first kappa shape index (κ1) is 7.69. The van der Waals surface area contributed by atoms with E-state index < -0.39 is 6.61 Å². The van der Waals surface area contributed by atoms with Gasteiger partial charge in [0.25, 0.3) is 0 Å². The molecule has 0 bridgehead atoms. The highest BCUT2D eigenvalue weighted by atomic mass is 19.1. The molecule has 10 heavy (non-hydrogen) atoms. The molecule has 2 nitrogen and oxygen atoms in total. The van der Waals surface area contributed by atoms with Crippen molar-refractivity contribution in [2.24, 2.45) is 0 Å². The highest BCUT2D eigenvalue weighted by Crippen LogP contribution is 2.13. The Morgan fingerprint density at radius 1 is 1.70 bits per heavy atom. The van der Waals surface area contributed by atoms with Crippen molar-refractivity contribution in [1.29, 1.82) is 0 Å². The average molecular weight is 145 g/mol. The molecule has 1 saturated heterocycles. The van der Waals surface area contributed by atoms with E-state index in [0.717, 1.165) is 25.0 Å². The number of aliphatic hydroxyl groups is 1. The van der Waals surface area contributed by atoms with E-state index in [1.807, 2.05) is 0 Å². The zero-order chi connectivity index (χ0) is 7.40. The third-order valence-electron chi connectivity index (χ3n) is 1.69. The van der Waals surface area contributed by atoms with E-state index >= 15 is 0 Å². The van der Waals surface area contributed by atoms with Crippen LogP contribution in [0.5, 0.6) is 0 Å².